The molecule has 1 aromatic carbocycles. The summed E-state index contributed by atoms with van der Waals surface area (Å²) in [4.78, 5) is 11.2. The van der Waals surface area contributed by atoms with Crippen LogP contribution >= 0.6 is 0 Å². The van der Waals surface area contributed by atoms with Crippen LogP contribution in [0.25, 0.3) is 6.08 Å². The summed E-state index contributed by atoms with van der Waals surface area (Å²) in [5.41, 5.74) is 2.83. The zero-order valence-electron chi connectivity index (χ0n) is 8.12. The van der Waals surface area contributed by atoms with Crippen LogP contribution in [0.5, 0.6) is 0 Å². The van der Waals surface area contributed by atoms with Gasteiger partial charge in [0.2, 0.25) is 0 Å². The minimum atomic E-state index is -0.203. The van der Waals surface area contributed by atoms with Crippen LogP contribution in [0.15, 0.2) is 24.3 Å². The third kappa shape index (κ3) is 1.55. The van der Waals surface area contributed by atoms with Crippen molar-refractivity contribution in [2.45, 2.75) is 20.0 Å². The fourth-order valence-corrected chi connectivity index (χ4v) is 1.51. The molecule has 0 saturated heterocycles. The molecule has 2 rings (SSSR count). The maximum atomic E-state index is 11.2. The Morgan fingerprint density at radius 1 is 1.50 bits per heavy atom. The molecule has 1 aromatic rings. The summed E-state index contributed by atoms with van der Waals surface area (Å²) in [7, 11) is 0. The lowest BCUT2D eigenvalue weighted by atomic mass is 10.1. The van der Waals surface area contributed by atoms with Crippen molar-refractivity contribution in [2.24, 2.45) is 0 Å². The molecule has 0 spiro atoms. The molecule has 2 heteroatoms. The Kier molecular flexibility index (Phi) is 2.35. The summed E-state index contributed by atoms with van der Waals surface area (Å²) in [5, 5.41) is 0. The van der Waals surface area contributed by atoms with Crippen molar-refractivity contribution in [1.29, 1.82) is 0 Å². The van der Waals surface area contributed by atoms with E-state index in [2.05, 4.69) is 19.1 Å². The lowest BCUT2D eigenvalue weighted by molar-refractivity contribution is 0.0535. The van der Waals surface area contributed by atoms with E-state index in [9.17, 15) is 4.79 Å². The zero-order valence-corrected chi connectivity index (χ0v) is 8.12. The van der Waals surface area contributed by atoms with Crippen molar-refractivity contribution >= 4 is 12.0 Å². The van der Waals surface area contributed by atoms with Crippen LogP contribution < -0.4 is 0 Å². The SMILES string of the molecule is CCC=Cc1ccc2c(c1)COC2=O. The van der Waals surface area contributed by atoms with E-state index in [4.69, 9.17) is 4.74 Å². The maximum Gasteiger partial charge on any atom is 0.338 e. The van der Waals surface area contributed by atoms with E-state index in [1.165, 1.54) is 0 Å². The number of cyclic esters (lactones) is 1. The third-order valence-electron chi connectivity index (χ3n) is 2.25. The lowest BCUT2D eigenvalue weighted by Gasteiger charge is -1.96. The molecular formula is C12H12O2. The van der Waals surface area contributed by atoms with Gasteiger partial charge in [-0.15, -0.1) is 0 Å². The fraction of sp³-hybridized carbons (Fsp3) is 0.250. The number of carbonyl (C=O) groups excluding carboxylic acids is 1. The van der Waals surface area contributed by atoms with Crippen LogP contribution in [0.2, 0.25) is 0 Å². The van der Waals surface area contributed by atoms with E-state index in [1.54, 1.807) is 0 Å². The first-order chi connectivity index (χ1) is 6.81. The fourth-order valence-electron chi connectivity index (χ4n) is 1.51. The number of rotatable bonds is 2. The second kappa shape index (κ2) is 3.66. The molecule has 0 aromatic heterocycles. The Morgan fingerprint density at radius 3 is 3.14 bits per heavy atom. The predicted octanol–water partition coefficient (Wildman–Crippen LogP) is 2.78. The Balaban J connectivity index is 2.32. The second-order valence-electron chi connectivity index (χ2n) is 3.30. The van der Waals surface area contributed by atoms with Gasteiger partial charge in [0.15, 0.2) is 0 Å². The van der Waals surface area contributed by atoms with Crippen LogP contribution in [0.1, 0.15) is 34.8 Å². The van der Waals surface area contributed by atoms with Gasteiger partial charge in [-0.3, -0.25) is 0 Å². The lowest BCUT2D eigenvalue weighted by Crippen LogP contribution is -1.92. The first-order valence-electron chi connectivity index (χ1n) is 4.78. The van der Waals surface area contributed by atoms with Gasteiger partial charge in [-0.2, -0.15) is 0 Å². The summed E-state index contributed by atoms with van der Waals surface area (Å²) in [6.07, 6.45) is 5.18. The van der Waals surface area contributed by atoms with Crippen LogP contribution in [-0.4, -0.2) is 5.97 Å². The van der Waals surface area contributed by atoms with E-state index in [0.717, 1.165) is 17.5 Å². The largest absolute Gasteiger partial charge is 0.457 e. The molecule has 0 saturated carbocycles. The highest BCUT2D eigenvalue weighted by atomic mass is 16.5. The highest BCUT2D eigenvalue weighted by Gasteiger charge is 2.20. The summed E-state index contributed by atoms with van der Waals surface area (Å²) in [6.45, 7) is 2.51. The molecule has 0 radical (unpaired) electrons. The number of allylic oxidation sites excluding steroid dienone is 1. The van der Waals surface area contributed by atoms with Crippen LogP contribution in [0.4, 0.5) is 0 Å². The number of benzene rings is 1. The summed E-state index contributed by atoms with van der Waals surface area (Å²) < 4.78 is 4.92. The van der Waals surface area contributed by atoms with E-state index in [1.807, 2.05) is 18.2 Å². The molecular weight excluding hydrogens is 176 g/mol. The topological polar surface area (TPSA) is 26.3 Å². The van der Waals surface area contributed by atoms with Crippen molar-refractivity contribution < 1.29 is 9.53 Å². The summed E-state index contributed by atoms with van der Waals surface area (Å²) >= 11 is 0. The van der Waals surface area contributed by atoms with Gasteiger partial charge in [0, 0.05) is 5.56 Å². The number of fused-ring (bicyclic) bond motifs is 1. The smallest absolute Gasteiger partial charge is 0.338 e. The number of ether oxygens (including phenoxy) is 1. The molecule has 0 aliphatic carbocycles. The minimum absolute atomic E-state index is 0.203. The highest BCUT2D eigenvalue weighted by Crippen LogP contribution is 2.21. The Labute approximate surface area is 83.2 Å². The average Bonchev–Trinajstić information content (AvgIpc) is 2.57. The standard InChI is InChI=1S/C12H12O2/c1-2-3-4-9-5-6-11-10(7-9)8-14-12(11)13/h3-7H,2,8H2,1H3. The quantitative estimate of drug-likeness (QED) is 0.667. The van der Waals surface area contributed by atoms with E-state index in [0.29, 0.717) is 12.2 Å². The third-order valence-corrected chi connectivity index (χ3v) is 2.25. The van der Waals surface area contributed by atoms with Crippen molar-refractivity contribution in [3.63, 3.8) is 0 Å². The first-order valence-corrected chi connectivity index (χ1v) is 4.78. The Bertz CT molecular complexity index is 391. The van der Waals surface area contributed by atoms with Gasteiger partial charge in [-0.25, -0.2) is 4.79 Å². The molecule has 1 aliphatic heterocycles. The van der Waals surface area contributed by atoms with Gasteiger partial charge in [-0.1, -0.05) is 25.1 Å². The van der Waals surface area contributed by atoms with Crippen LogP contribution in [-0.2, 0) is 11.3 Å². The number of carbonyl (C=O) groups is 1. The van der Waals surface area contributed by atoms with Gasteiger partial charge in [0.05, 0.1) is 5.56 Å². The van der Waals surface area contributed by atoms with Gasteiger partial charge in [0.25, 0.3) is 0 Å². The highest BCUT2D eigenvalue weighted by molar-refractivity contribution is 5.93. The predicted molar refractivity (Wildman–Crippen MR) is 54.9 cm³/mol. The van der Waals surface area contributed by atoms with Gasteiger partial charge in [-0.05, 0) is 24.1 Å². The number of hydrogen-bond donors (Lipinski definition) is 0. The minimum Gasteiger partial charge on any atom is -0.457 e. The van der Waals surface area contributed by atoms with Gasteiger partial charge >= 0.3 is 5.97 Å². The Hall–Kier alpha value is -1.57. The molecule has 14 heavy (non-hydrogen) atoms. The molecule has 0 unspecified atom stereocenters. The van der Waals surface area contributed by atoms with Gasteiger partial charge < -0.3 is 4.74 Å². The molecule has 0 N–H and O–H groups in total. The summed E-state index contributed by atoms with van der Waals surface area (Å²) in [5.74, 6) is -0.203. The second-order valence-corrected chi connectivity index (χ2v) is 3.30. The molecule has 0 atom stereocenters. The molecule has 0 amide bonds. The van der Waals surface area contributed by atoms with Crippen molar-refractivity contribution in [3.05, 3.63) is 41.0 Å². The first kappa shape index (κ1) is 9.00. The molecule has 0 bridgehead atoms. The number of hydrogen-bond acceptors (Lipinski definition) is 2. The molecule has 0 fully saturated rings. The summed E-state index contributed by atoms with van der Waals surface area (Å²) in [6, 6.07) is 5.78. The molecule has 2 nitrogen and oxygen atoms in total. The van der Waals surface area contributed by atoms with Crippen LogP contribution in [0.3, 0.4) is 0 Å². The van der Waals surface area contributed by atoms with E-state index in [-0.39, 0.29) is 5.97 Å². The number of esters is 1. The molecule has 72 valence electrons. The van der Waals surface area contributed by atoms with Gasteiger partial charge in [0.1, 0.15) is 6.61 Å². The van der Waals surface area contributed by atoms with E-state index >= 15 is 0 Å². The monoisotopic (exact) mass is 188 g/mol. The van der Waals surface area contributed by atoms with E-state index < -0.39 is 0 Å². The molecule has 1 aliphatic rings. The van der Waals surface area contributed by atoms with Crippen LogP contribution in [0, 0.1) is 0 Å². The zero-order chi connectivity index (χ0) is 9.97. The van der Waals surface area contributed by atoms with Crippen molar-refractivity contribution in [3.8, 4) is 0 Å². The average molecular weight is 188 g/mol. The normalized spacial score (nSPS) is 14.5. The maximum absolute atomic E-state index is 11.2. The molecule has 1 heterocycles. The van der Waals surface area contributed by atoms with Crippen molar-refractivity contribution in [2.75, 3.05) is 0 Å². The van der Waals surface area contributed by atoms with Crippen molar-refractivity contribution in [1.82, 2.24) is 0 Å². The Morgan fingerprint density at radius 2 is 2.36 bits per heavy atom.